The maximum atomic E-state index is 13.5. The molecule has 1 heterocycles. The van der Waals surface area contributed by atoms with Crippen LogP contribution in [0.1, 0.15) is 11.5 Å². The molecule has 0 atom stereocenters. The van der Waals surface area contributed by atoms with E-state index < -0.39 is 11.6 Å². The molecule has 16 heavy (non-hydrogen) atoms. The minimum Gasteiger partial charge on any atom is -0.239 e. The zero-order chi connectivity index (χ0) is 11.7. The fraction of sp³-hybridized carbons (Fsp3) is 0.167. The zero-order valence-corrected chi connectivity index (χ0v) is 8.96. The van der Waals surface area contributed by atoms with E-state index >= 15 is 0 Å². The Hall–Kier alpha value is -1.84. The van der Waals surface area contributed by atoms with Crippen LogP contribution in [0.5, 0.6) is 0 Å². The van der Waals surface area contributed by atoms with Crippen LogP contribution in [0.2, 0.25) is 0 Å². The molecule has 1 aromatic carbocycles. The standard InChI is InChI=1S/C12H10F2N2/c1-7-5-12(16-8(2)15-7)10-4-3-9(13)6-11(10)14/h3-6H,1-2H3. The molecule has 0 saturated carbocycles. The van der Waals surface area contributed by atoms with Gasteiger partial charge in [0.05, 0.1) is 5.69 Å². The summed E-state index contributed by atoms with van der Waals surface area (Å²) in [6.07, 6.45) is 0. The molecule has 0 unspecified atom stereocenters. The molecule has 4 heteroatoms. The molecule has 1 aromatic heterocycles. The first-order valence-electron chi connectivity index (χ1n) is 4.84. The van der Waals surface area contributed by atoms with Crippen molar-refractivity contribution in [3.05, 3.63) is 47.4 Å². The van der Waals surface area contributed by atoms with Crippen molar-refractivity contribution in [2.75, 3.05) is 0 Å². The largest absolute Gasteiger partial charge is 0.239 e. The van der Waals surface area contributed by atoms with Crippen molar-refractivity contribution >= 4 is 0 Å². The Balaban J connectivity index is 2.58. The minimum atomic E-state index is -0.613. The number of halogens is 2. The first-order valence-corrected chi connectivity index (χ1v) is 4.84. The Morgan fingerprint density at radius 3 is 2.38 bits per heavy atom. The highest BCUT2D eigenvalue weighted by Crippen LogP contribution is 2.21. The molecule has 0 radical (unpaired) electrons. The van der Waals surface area contributed by atoms with E-state index in [4.69, 9.17) is 0 Å². The normalized spacial score (nSPS) is 10.5. The Labute approximate surface area is 92.0 Å². The zero-order valence-electron chi connectivity index (χ0n) is 8.96. The molecule has 0 amide bonds. The molecule has 0 aliphatic rings. The lowest BCUT2D eigenvalue weighted by Gasteiger charge is -2.04. The van der Waals surface area contributed by atoms with E-state index in [1.54, 1.807) is 19.9 Å². The van der Waals surface area contributed by atoms with Gasteiger partial charge < -0.3 is 0 Å². The lowest BCUT2D eigenvalue weighted by atomic mass is 10.1. The molecule has 2 aromatic rings. The third-order valence-corrected chi connectivity index (χ3v) is 2.17. The van der Waals surface area contributed by atoms with Crippen LogP contribution in [-0.4, -0.2) is 9.97 Å². The van der Waals surface area contributed by atoms with E-state index in [0.29, 0.717) is 11.5 Å². The number of benzene rings is 1. The van der Waals surface area contributed by atoms with Crippen LogP contribution in [0.3, 0.4) is 0 Å². The first kappa shape index (κ1) is 10.7. The van der Waals surface area contributed by atoms with Gasteiger partial charge in [0.2, 0.25) is 0 Å². The Morgan fingerprint density at radius 1 is 1.00 bits per heavy atom. The summed E-state index contributed by atoms with van der Waals surface area (Å²) in [7, 11) is 0. The van der Waals surface area contributed by atoms with Crippen LogP contribution in [-0.2, 0) is 0 Å². The van der Waals surface area contributed by atoms with Gasteiger partial charge in [-0.15, -0.1) is 0 Å². The maximum absolute atomic E-state index is 13.5. The molecule has 0 aliphatic carbocycles. The van der Waals surface area contributed by atoms with Gasteiger partial charge in [0.15, 0.2) is 0 Å². The lowest BCUT2D eigenvalue weighted by Crippen LogP contribution is -1.95. The summed E-state index contributed by atoms with van der Waals surface area (Å²) >= 11 is 0. The summed E-state index contributed by atoms with van der Waals surface area (Å²) < 4.78 is 26.2. The summed E-state index contributed by atoms with van der Waals surface area (Å²) in [5.74, 6) is -0.639. The third-order valence-electron chi connectivity index (χ3n) is 2.17. The van der Waals surface area contributed by atoms with Crippen LogP contribution < -0.4 is 0 Å². The number of hydrogen-bond acceptors (Lipinski definition) is 2. The van der Waals surface area contributed by atoms with Crippen LogP contribution in [0.25, 0.3) is 11.3 Å². The summed E-state index contributed by atoms with van der Waals surface area (Å²) in [5, 5.41) is 0. The number of nitrogens with zero attached hydrogens (tertiary/aromatic N) is 2. The van der Waals surface area contributed by atoms with Gasteiger partial charge in [-0.1, -0.05) is 0 Å². The summed E-state index contributed by atoms with van der Waals surface area (Å²) in [4.78, 5) is 8.22. The number of aromatic nitrogens is 2. The summed E-state index contributed by atoms with van der Waals surface area (Å²) in [5.41, 5.74) is 1.52. The fourth-order valence-corrected chi connectivity index (χ4v) is 1.55. The van der Waals surface area contributed by atoms with Gasteiger partial charge in [-0.2, -0.15) is 0 Å². The van der Waals surface area contributed by atoms with Gasteiger partial charge in [0, 0.05) is 17.3 Å². The van der Waals surface area contributed by atoms with Crippen LogP contribution >= 0.6 is 0 Å². The average Bonchev–Trinajstić information content (AvgIpc) is 2.15. The molecule has 2 nitrogen and oxygen atoms in total. The van der Waals surface area contributed by atoms with E-state index in [1.165, 1.54) is 12.1 Å². The smallest absolute Gasteiger partial charge is 0.135 e. The second kappa shape index (κ2) is 3.96. The Kier molecular flexibility index (Phi) is 2.64. The molecule has 0 saturated heterocycles. The van der Waals surface area contributed by atoms with E-state index in [0.717, 1.165) is 11.8 Å². The average molecular weight is 220 g/mol. The second-order valence-electron chi connectivity index (χ2n) is 3.57. The number of aryl methyl sites for hydroxylation is 2. The molecule has 0 aliphatic heterocycles. The van der Waals surface area contributed by atoms with Gasteiger partial charge in [-0.05, 0) is 32.0 Å². The quantitative estimate of drug-likeness (QED) is 0.738. The van der Waals surface area contributed by atoms with E-state index in [-0.39, 0.29) is 5.56 Å². The number of rotatable bonds is 1. The van der Waals surface area contributed by atoms with Crippen molar-refractivity contribution in [3.63, 3.8) is 0 Å². The molecule has 0 fully saturated rings. The highest BCUT2D eigenvalue weighted by atomic mass is 19.1. The molecular formula is C12H10F2N2. The Morgan fingerprint density at radius 2 is 1.75 bits per heavy atom. The Bertz CT molecular complexity index is 518. The molecular weight excluding hydrogens is 210 g/mol. The van der Waals surface area contributed by atoms with Gasteiger partial charge >= 0.3 is 0 Å². The van der Waals surface area contributed by atoms with Crippen molar-refractivity contribution in [3.8, 4) is 11.3 Å². The molecule has 0 bridgehead atoms. The van der Waals surface area contributed by atoms with E-state index in [9.17, 15) is 8.78 Å². The molecule has 82 valence electrons. The maximum Gasteiger partial charge on any atom is 0.135 e. The highest BCUT2D eigenvalue weighted by molar-refractivity contribution is 5.60. The topological polar surface area (TPSA) is 25.8 Å². The predicted molar refractivity (Wildman–Crippen MR) is 56.9 cm³/mol. The molecule has 0 N–H and O–H groups in total. The summed E-state index contributed by atoms with van der Waals surface area (Å²) in [6.45, 7) is 3.54. The first-order chi connectivity index (χ1) is 7.56. The van der Waals surface area contributed by atoms with Crippen molar-refractivity contribution in [2.45, 2.75) is 13.8 Å². The predicted octanol–water partition coefficient (Wildman–Crippen LogP) is 3.04. The SMILES string of the molecule is Cc1cc(-c2ccc(F)cc2F)nc(C)n1. The van der Waals surface area contributed by atoms with Crippen LogP contribution in [0.15, 0.2) is 24.3 Å². The van der Waals surface area contributed by atoms with Crippen molar-refractivity contribution in [1.82, 2.24) is 9.97 Å². The highest BCUT2D eigenvalue weighted by Gasteiger charge is 2.08. The van der Waals surface area contributed by atoms with Gasteiger partial charge in [-0.25, -0.2) is 18.7 Å². The van der Waals surface area contributed by atoms with E-state index in [1.807, 2.05) is 0 Å². The fourth-order valence-electron chi connectivity index (χ4n) is 1.55. The third kappa shape index (κ3) is 2.05. The van der Waals surface area contributed by atoms with Crippen molar-refractivity contribution < 1.29 is 8.78 Å². The monoisotopic (exact) mass is 220 g/mol. The van der Waals surface area contributed by atoms with Gasteiger partial charge in [-0.3, -0.25) is 0 Å². The minimum absolute atomic E-state index is 0.287. The van der Waals surface area contributed by atoms with Crippen molar-refractivity contribution in [2.24, 2.45) is 0 Å². The number of hydrogen-bond donors (Lipinski definition) is 0. The van der Waals surface area contributed by atoms with E-state index in [2.05, 4.69) is 9.97 Å². The summed E-state index contributed by atoms with van der Waals surface area (Å²) in [6, 6.07) is 5.11. The van der Waals surface area contributed by atoms with Gasteiger partial charge in [0.25, 0.3) is 0 Å². The lowest BCUT2D eigenvalue weighted by molar-refractivity contribution is 0.585. The van der Waals surface area contributed by atoms with Crippen LogP contribution in [0, 0.1) is 25.5 Å². The van der Waals surface area contributed by atoms with Crippen molar-refractivity contribution in [1.29, 1.82) is 0 Å². The second-order valence-corrected chi connectivity index (χ2v) is 3.57. The van der Waals surface area contributed by atoms with Crippen LogP contribution in [0.4, 0.5) is 8.78 Å². The van der Waals surface area contributed by atoms with Gasteiger partial charge in [0.1, 0.15) is 17.5 Å². The molecule has 0 spiro atoms. The molecule has 2 rings (SSSR count).